The molecule has 0 N–H and O–H groups in total. The third-order valence-corrected chi connectivity index (χ3v) is 4.48. The predicted octanol–water partition coefficient (Wildman–Crippen LogP) is 4.35. The van der Waals surface area contributed by atoms with E-state index in [9.17, 15) is 0 Å². The van der Waals surface area contributed by atoms with Gasteiger partial charge in [-0.25, -0.2) is 0 Å². The average Bonchev–Trinajstić information content (AvgIpc) is 2.91. The second-order valence-electron chi connectivity index (χ2n) is 5.69. The number of hydrogen-bond acceptors (Lipinski definition) is 3. The van der Waals surface area contributed by atoms with Crippen LogP contribution in [-0.4, -0.2) is 24.7 Å². The summed E-state index contributed by atoms with van der Waals surface area (Å²) in [4.78, 5) is 4.80. The molecule has 3 nitrogen and oxygen atoms in total. The van der Waals surface area contributed by atoms with Gasteiger partial charge in [-0.05, 0) is 31.9 Å². The van der Waals surface area contributed by atoms with Gasteiger partial charge in [-0.3, -0.25) is 4.99 Å². The summed E-state index contributed by atoms with van der Waals surface area (Å²) in [7, 11) is 0. The Balaban J connectivity index is 1.84. The van der Waals surface area contributed by atoms with Gasteiger partial charge < -0.3 is 9.47 Å². The molecule has 1 saturated heterocycles. The van der Waals surface area contributed by atoms with E-state index in [1.165, 1.54) is 5.57 Å². The Morgan fingerprint density at radius 2 is 1.95 bits per heavy atom. The van der Waals surface area contributed by atoms with Gasteiger partial charge in [0.05, 0.1) is 13.2 Å². The van der Waals surface area contributed by atoms with Gasteiger partial charge in [0.25, 0.3) is 0 Å². The Labute approximate surface area is 130 Å². The maximum Gasteiger partial charge on any atom is 0.172 e. The lowest BCUT2D eigenvalue weighted by Gasteiger charge is -2.32. The summed E-state index contributed by atoms with van der Waals surface area (Å²) in [6.07, 6.45) is 2.56. The summed E-state index contributed by atoms with van der Waals surface area (Å²) in [5.41, 5.74) is 4.33. The van der Waals surface area contributed by atoms with E-state index in [4.69, 9.17) is 26.1 Å². The molecule has 0 amide bonds. The minimum atomic E-state index is -0.387. The molecule has 1 heterocycles. The van der Waals surface area contributed by atoms with Gasteiger partial charge in [0.15, 0.2) is 5.79 Å². The van der Waals surface area contributed by atoms with Crippen LogP contribution >= 0.6 is 11.6 Å². The van der Waals surface area contributed by atoms with Crippen LogP contribution in [0.1, 0.15) is 38.7 Å². The van der Waals surface area contributed by atoms with Gasteiger partial charge in [0.2, 0.25) is 0 Å². The fourth-order valence-electron chi connectivity index (χ4n) is 3.03. The highest BCUT2D eigenvalue weighted by molar-refractivity contribution is 6.34. The molecule has 0 aromatic heterocycles. The Bertz CT molecular complexity index is 601. The van der Waals surface area contributed by atoms with Crippen LogP contribution in [0.3, 0.4) is 0 Å². The minimum absolute atomic E-state index is 0.387. The number of rotatable bonds is 2. The first-order valence-electron chi connectivity index (χ1n) is 7.36. The van der Waals surface area contributed by atoms with E-state index in [1.54, 1.807) is 0 Å². The fourth-order valence-corrected chi connectivity index (χ4v) is 3.30. The topological polar surface area (TPSA) is 30.8 Å². The smallest absolute Gasteiger partial charge is 0.172 e. The Kier molecular flexibility index (Phi) is 4.16. The summed E-state index contributed by atoms with van der Waals surface area (Å²) in [5, 5.41) is 0.742. The molecule has 21 heavy (non-hydrogen) atoms. The number of ether oxygens (including phenoxy) is 2. The van der Waals surface area contributed by atoms with Gasteiger partial charge in [-0.15, -0.1) is 0 Å². The van der Waals surface area contributed by atoms with Crippen LogP contribution < -0.4 is 0 Å². The van der Waals surface area contributed by atoms with E-state index in [0.717, 1.165) is 41.3 Å². The van der Waals surface area contributed by atoms with E-state index in [0.29, 0.717) is 13.2 Å². The highest BCUT2D eigenvalue weighted by Gasteiger charge is 2.39. The van der Waals surface area contributed by atoms with Crippen molar-refractivity contribution in [1.29, 1.82) is 0 Å². The molecule has 1 aromatic rings. The lowest BCUT2D eigenvalue weighted by atomic mass is 9.91. The van der Waals surface area contributed by atoms with Crippen molar-refractivity contribution in [1.82, 2.24) is 0 Å². The fraction of sp³-hybridized carbons (Fsp3) is 0.471. The van der Waals surface area contributed by atoms with Gasteiger partial charge in [0, 0.05) is 34.8 Å². The quantitative estimate of drug-likeness (QED) is 0.761. The first kappa shape index (κ1) is 14.8. The largest absolute Gasteiger partial charge is 0.347 e. The maximum absolute atomic E-state index is 6.23. The molecule has 1 aromatic carbocycles. The Hall–Kier alpha value is -1.16. The molecule has 1 aliphatic heterocycles. The number of nitrogens with zero attached hydrogens (tertiary/aromatic N) is 1. The van der Waals surface area contributed by atoms with E-state index >= 15 is 0 Å². The van der Waals surface area contributed by atoms with Gasteiger partial charge in [-0.1, -0.05) is 29.8 Å². The average molecular weight is 306 g/mol. The van der Waals surface area contributed by atoms with Crippen LogP contribution in [0.5, 0.6) is 0 Å². The molecule has 3 rings (SSSR count). The van der Waals surface area contributed by atoms with Crippen LogP contribution in [-0.2, 0) is 9.47 Å². The van der Waals surface area contributed by atoms with Crippen molar-refractivity contribution in [2.45, 2.75) is 38.9 Å². The van der Waals surface area contributed by atoms with Crippen molar-refractivity contribution < 1.29 is 9.47 Å². The van der Waals surface area contributed by atoms with Crippen molar-refractivity contribution in [3.05, 3.63) is 46.1 Å². The number of halogens is 1. The highest BCUT2D eigenvalue weighted by Crippen LogP contribution is 2.39. The van der Waals surface area contributed by atoms with Crippen molar-refractivity contribution in [3.8, 4) is 0 Å². The van der Waals surface area contributed by atoms with E-state index in [-0.39, 0.29) is 5.79 Å². The molecule has 0 radical (unpaired) electrons. The summed E-state index contributed by atoms with van der Waals surface area (Å²) < 4.78 is 11.6. The van der Waals surface area contributed by atoms with Crippen molar-refractivity contribution >= 4 is 17.3 Å². The molecule has 1 fully saturated rings. The first-order valence-corrected chi connectivity index (χ1v) is 7.74. The number of benzene rings is 1. The molecule has 2 aliphatic rings. The standard InChI is InChI=1S/C17H20ClNO2/c1-12-11-17(20-9-10-21-17)8-7-16(12)19-13(2)14-5-3-4-6-15(14)18/h3-6H,7-11H2,1-2H3. The molecule has 0 atom stereocenters. The van der Waals surface area contributed by atoms with E-state index < -0.39 is 0 Å². The molecule has 4 heteroatoms. The summed E-state index contributed by atoms with van der Waals surface area (Å²) in [6, 6.07) is 7.82. The Morgan fingerprint density at radius 1 is 1.24 bits per heavy atom. The van der Waals surface area contributed by atoms with Gasteiger partial charge in [-0.2, -0.15) is 0 Å². The first-order chi connectivity index (χ1) is 10.1. The molecular formula is C17H20ClNO2. The maximum atomic E-state index is 6.23. The number of aliphatic imine (C=N–C) groups is 1. The lowest BCUT2D eigenvalue weighted by molar-refractivity contribution is -0.163. The van der Waals surface area contributed by atoms with Crippen LogP contribution in [0.2, 0.25) is 5.02 Å². The number of allylic oxidation sites excluding steroid dienone is 1. The normalized spacial score (nSPS) is 22.1. The summed E-state index contributed by atoms with van der Waals surface area (Å²) in [5.74, 6) is -0.387. The molecule has 1 spiro atoms. The SMILES string of the molecule is CC(=NC1=C(C)CC2(CC1)OCCO2)c1ccccc1Cl. The summed E-state index contributed by atoms with van der Waals surface area (Å²) >= 11 is 6.23. The molecular weight excluding hydrogens is 286 g/mol. The highest BCUT2D eigenvalue weighted by atomic mass is 35.5. The van der Waals surface area contributed by atoms with E-state index in [1.807, 2.05) is 31.2 Å². The zero-order chi connectivity index (χ0) is 14.9. The second kappa shape index (κ2) is 5.91. The third kappa shape index (κ3) is 3.05. The monoisotopic (exact) mass is 305 g/mol. The zero-order valence-corrected chi connectivity index (χ0v) is 13.2. The number of hydrogen-bond donors (Lipinski definition) is 0. The zero-order valence-electron chi connectivity index (χ0n) is 12.5. The summed E-state index contributed by atoms with van der Waals surface area (Å²) in [6.45, 7) is 5.52. The van der Waals surface area contributed by atoms with Crippen LogP contribution in [0.25, 0.3) is 0 Å². The van der Waals surface area contributed by atoms with Gasteiger partial charge in [0.1, 0.15) is 0 Å². The molecule has 0 saturated carbocycles. The Morgan fingerprint density at radius 3 is 2.62 bits per heavy atom. The third-order valence-electron chi connectivity index (χ3n) is 4.15. The molecule has 0 bridgehead atoms. The van der Waals surface area contributed by atoms with E-state index in [2.05, 4.69) is 6.92 Å². The molecule has 1 aliphatic carbocycles. The minimum Gasteiger partial charge on any atom is -0.347 e. The van der Waals surface area contributed by atoms with Crippen LogP contribution in [0.15, 0.2) is 40.5 Å². The lowest BCUT2D eigenvalue weighted by Crippen LogP contribution is -2.33. The van der Waals surface area contributed by atoms with Crippen molar-refractivity contribution in [2.75, 3.05) is 13.2 Å². The predicted molar refractivity (Wildman–Crippen MR) is 84.8 cm³/mol. The van der Waals surface area contributed by atoms with Crippen molar-refractivity contribution in [3.63, 3.8) is 0 Å². The van der Waals surface area contributed by atoms with Crippen molar-refractivity contribution in [2.24, 2.45) is 4.99 Å². The molecule has 112 valence electrons. The van der Waals surface area contributed by atoms with Crippen LogP contribution in [0.4, 0.5) is 0 Å². The van der Waals surface area contributed by atoms with Crippen LogP contribution in [0, 0.1) is 0 Å². The van der Waals surface area contributed by atoms with Gasteiger partial charge >= 0.3 is 0 Å². The molecule has 0 unspecified atom stereocenters. The second-order valence-corrected chi connectivity index (χ2v) is 6.10.